The van der Waals surface area contributed by atoms with Crippen LogP contribution in [0.15, 0.2) is 60.7 Å². The third-order valence-corrected chi connectivity index (χ3v) is 6.93. The van der Waals surface area contributed by atoms with E-state index in [9.17, 15) is 19.8 Å². The number of hydrogen-bond acceptors (Lipinski definition) is 7. The largest absolute Gasteiger partial charge is 0.390 e. The molecule has 0 radical (unpaired) electrons. The van der Waals surface area contributed by atoms with Crippen molar-refractivity contribution in [2.75, 3.05) is 13.1 Å². The Balaban J connectivity index is 2.05. The van der Waals surface area contributed by atoms with Gasteiger partial charge in [0.1, 0.15) is 0 Å². The molecule has 0 aliphatic carbocycles. The molecule has 9 heteroatoms. The second-order valence-electron chi connectivity index (χ2n) is 10.9. The summed E-state index contributed by atoms with van der Waals surface area (Å²) >= 11 is 0. The van der Waals surface area contributed by atoms with Crippen LogP contribution in [0.5, 0.6) is 0 Å². The average Bonchev–Trinajstić information content (AvgIpc) is 2.92. The summed E-state index contributed by atoms with van der Waals surface area (Å²) < 4.78 is 0. The van der Waals surface area contributed by atoms with Crippen LogP contribution in [0, 0.1) is 11.8 Å². The average molecular weight is 542 g/mol. The smallest absolute Gasteiger partial charge is 0.237 e. The van der Waals surface area contributed by atoms with E-state index in [-0.39, 0.29) is 36.7 Å². The fourth-order valence-corrected chi connectivity index (χ4v) is 4.13. The van der Waals surface area contributed by atoms with Crippen LogP contribution in [0.1, 0.15) is 38.8 Å². The highest BCUT2D eigenvalue weighted by Gasteiger charge is 2.28. The zero-order chi connectivity index (χ0) is 28.9. The van der Waals surface area contributed by atoms with Gasteiger partial charge in [-0.1, -0.05) is 88.4 Å². The first kappa shape index (κ1) is 32.4. The Kier molecular flexibility index (Phi) is 13.6. The number of rotatable bonds is 16. The molecular weight excluding hydrogens is 494 g/mol. The van der Waals surface area contributed by atoms with Crippen molar-refractivity contribution in [2.45, 2.75) is 76.9 Å². The van der Waals surface area contributed by atoms with E-state index in [0.29, 0.717) is 12.8 Å². The van der Waals surface area contributed by atoms with Crippen LogP contribution in [0.2, 0.25) is 0 Å². The topological polar surface area (TPSA) is 163 Å². The summed E-state index contributed by atoms with van der Waals surface area (Å²) in [6.07, 6.45) is -1.06. The molecule has 0 aliphatic rings. The van der Waals surface area contributed by atoms with E-state index >= 15 is 0 Å². The lowest BCUT2D eigenvalue weighted by atomic mass is 9.98. The first-order valence-corrected chi connectivity index (χ1v) is 13.8. The second-order valence-corrected chi connectivity index (χ2v) is 10.9. The number of carbonyl (C=O) groups is 2. The molecule has 2 aromatic carbocycles. The van der Waals surface area contributed by atoms with E-state index in [1.807, 2.05) is 88.4 Å². The third kappa shape index (κ3) is 11.1. The molecule has 2 amide bonds. The van der Waals surface area contributed by atoms with Gasteiger partial charge in [0.15, 0.2) is 0 Å². The minimum absolute atomic E-state index is 0.0478. The maximum absolute atomic E-state index is 12.7. The van der Waals surface area contributed by atoms with Gasteiger partial charge in [-0.3, -0.25) is 9.59 Å². The molecule has 0 spiro atoms. The fraction of sp³-hybridized carbons (Fsp3) is 0.533. The minimum atomic E-state index is -0.947. The molecule has 0 saturated heterocycles. The van der Waals surface area contributed by atoms with Crippen molar-refractivity contribution in [1.82, 2.24) is 16.0 Å². The van der Waals surface area contributed by atoms with E-state index in [4.69, 9.17) is 11.5 Å². The summed E-state index contributed by atoms with van der Waals surface area (Å²) in [5.41, 5.74) is 14.0. The lowest BCUT2D eigenvalue weighted by molar-refractivity contribution is -0.125. The van der Waals surface area contributed by atoms with Crippen LogP contribution in [-0.2, 0) is 22.4 Å². The van der Waals surface area contributed by atoms with Gasteiger partial charge in [-0.25, -0.2) is 0 Å². The fourth-order valence-electron chi connectivity index (χ4n) is 4.13. The summed E-state index contributed by atoms with van der Waals surface area (Å²) in [5, 5.41) is 30.9. The van der Waals surface area contributed by atoms with Gasteiger partial charge in [0.25, 0.3) is 0 Å². The van der Waals surface area contributed by atoms with Crippen LogP contribution in [-0.4, -0.2) is 71.5 Å². The summed E-state index contributed by atoms with van der Waals surface area (Å²) in [6, 6.07) is 16.6. The standard InChI is InChI=1S/C30H47N5O4/c1-19(2)27(31)29(38)34-23(15-21-11-7-5-8-12-21)25(36)17-33-18-26(37)24(16-22-13-9-6-10-14-22)35-30(39)28(32)20(3)4/h5-14,19-20,23-28,33,36-37H,15-18,31-32H2,1-4H3,(H,34,38)(H,35,39)/t23-,24-,25+,26+,27-,28-/m0/s1. The number of hydrogen-bond donors (Lipinski definition) is 7. The molecule has 0 fully saturated rings. The third-order valence-electron chi connectivity index (χ3n) is 6.93. The van der Waals surface area contributed by atoms with Crippen molar-refractivity contribution in [3.8, 4) is 0 Å². The maximum Gasteiger partial charge on any atom is 0.237 e. The summed E-state index contributed by atoms with van der Waals surface area (Å²) in [4.78, 5) is 25.4. The molecule has 216 valence electrons. The molecule has 9 nitrogen and oxygen atoms in total. The van der Waals surface area contributed by atoms with E-state index in [1.54, 1.807) is 0 Å². The normalized spacial score (nSPS) is 16.3. The molecule has 0 bridgehead atoms. The highest BCUT2D eigenvalue weighted by Crippen LogP contribution is 2.10. The number of benzene rings is 2. The Hall–Kier alpha value is -2.82. The Morgan fingerprint density at radius 2 is 1.00 bits per heavy atom. The molecule has 6 atom stereocenters. The van der Waals surface area contributed by atoms with Gasteiger partial charge in [-0.05, 0) is 35.8 Å². The van der Waals surface area contributed by atoms with Crippen LogP contribution in [0.3, 0.4) is 0 Å². The lowest BCUT2D eigenvalue weighted by Gasteiger charge is -2.29. The summed E-state index contributed by atoms with van der Waals surface area (Å²) in [5.74, 6) is -0.740. The van der Waals surface area contributed by atoms with E-state index < -0.39 is 36.4 Å². The first-order chi connectivity index (χ1) is 18.5. The Morgan fingerprint density at radius 1 is 0.667 bits per heavy atom. The van der Waals surface area contributed by atoms with Gasteiger partial charge in [0.2, 0.25) is 11.8 Å². The van der Waals surface area contributed by atoms with Gasteiger partial charge < -0.3 is 37.6 Å². The van der Waals surface area contributed by atoms with E-state index in [0.717, 1.165) is 11.1 Å². The zero-order valence-corrected chi connectivity index (χ0v) is 23.6. The quantitative estimate of drug-likeness (QED) is 0.165. The number of nitrogens with one attached hydrogen (secondary N) is 3. The lowest BCUT2D eigenvalue weighted by Crippen LogP contribution is -2.56. The Labute approximate surface area is 232 Å². The molecule has 39 heavy (non-hydrogen) atoms. The van der Waals surface area contributed by atoms with Crippen molar-refractivity contribution in [3.63, 3.8) is 0 Å². The monoisotopic (exact) mass is 541 g/mol. The molecule has 9 N–H and O–H groups in total. The Morgan fingerprint density at radius 3 is 1.31 bits per heavy atom. The highest BCUT2D eigenvalue weighted by atomic mass is 16.3. The number of aliphatic hydroxyl groups excluding tert-OH is 2. The van der Waals surface area contributed by atoms with Crippen molar-refractivity contribution in [3.05, 3.63) is 71.8 Å². The maximum atomic E-state index is 12.7. The zero-order valence-electron chi connectivity index (χ0n) is 23.6. The minimum Gasteiger partial charge on any atom is -0.390 e. The molecule has 2 rings (SSSR count). The van der Waals surface area contributed by atoms with Crippen LogP contribution in [0.4, 0.5) is 0 Å². The molecule has 0 aromatic heterocycles. The van der Waals surface area contributed by atoms with Crippen molar-refractivity contribution >= 4 is 11.8 Å². The van der Waals surface area contributed by atoms with Gasteiger partial charge in [0.05, 0.1) is 36.4 Å². The van der Waals surface area contributed by atoms with Crippen molar-refractivity contribution in [1.29, 1.82) is 0 Å². The number of aliphatic hydroxyl groups is 2. The summed E-state index contributed by atoms with van der Waals surface area (Å²) in [6.45, 7) is 7.71. The van der Waals surface area contributed by atoms with Crippen LogP contribution in [0.25, 0.3) is 0 Å². The number of carbonyl (C=O) groups excluding carboxylic acids is 2. The number of nitrogens with two attached hydrogens (primary N) is 2. The molecule has 2 aromatic rings. The predicted molar refractivity (Wildman–Crippen MR) is 155 cm³/mol. The van der Waals surface area contributed by atoms with Gasteiger partial charge in [0, 0.05) is 13.1 Å². The van der Waals surface area contributed by atoms with Gasteiger partial charge >= 0.3 is 0 Å². The van der Waals surface area contributed by atoms with Gasteiger partial charge in [-0.15, -0.1) is 0 Å². The van der Waals surface area contributed by atoms with E-state index in [2.05, 4.69) is 16.0 Å². The highest BCUT2D eigenvalue weighted by molar-refractivity contribution is 5.82. The second kappa shape index (κ2) is 16.3. The van der Waals surface area contributed by atoms with Crippen LogP contribution >= 0.6 is 0 Å². The van der Waals surface area contributed by atoms with Gasteiger partial charge in [-0.2, -0.15) is 0 Å². The van der Waals surface area contributed by atoms with Crippen molar-refractivity contribution < 1.29 is 19.8 Å². The molecule has 0 saturated carbocycles. The van der Waals surface area contributed by atoms with Crippen molar-refractivity contribution in [2.24, 2.45) is 23.3 Å². The molecule has 0 unspecified atom stereocenters. The SMILES string of the molecule is CC(C)[C@H](N)C(=O)N[C@@H](Cc1ccccc1)[C@H](O)CNC[C@@H](O)[C@H](Cc1ccccc1)NC(=O)[C@@H](N)C(C)C. The van der Waals surface area contributed by atoms with Crippen LogP contribution < -0.4 is 27.4 Å². The van der Waals surface area contributed by atoms with E-state index in [1.165, 1.54) is 0 Å². The summed E-state index contributed by atoms with van der Waals surface area (Å²) in [7, 11) is 0. The molecular formula is C30H47N5O4. The predicted octanol–water partition coefficient (Wildman–Crippen LogP) is 0.719. The Bertz CT molecular complexity index is 910. The first-order valence-electron chi connectivity index (χ1n) is 13.8. The molecule has 0 heterocycles. The number of amides is 2. The molecule has 0 aliphatic heterocycles.